The molecule has 2 amide bonds. The van der Waals surface area contributed by atoms with Crippen molar-refractivity contribution in [3.05, 3.63) is 118 Å². The zero-order chi connectivity index (χ0) is 30.1. The molecule has 0 atom stereocenters. The Morgan fingerprint density at radius 3 is 2.24 bits per heavy atom. The second kappa shape index (κ2) is 13.9. The second-order valence-corrected chi connectivity index (χ2v) is 11.3. The second-order valence-electron chi connectivity index (χ2n) is 8.63. The van der Waals surface area contributed by atoms with E-state index in [4.69, 9.17) is 27.9 Å². The van der Waals surface area contributed by atoms with Gasteiger partial charge in [0.2, 0.25) is 0 Å². The highest BCUT2D eigenvalue weighted by Crippen LogP contribution is 2.30. The summed E-state index contributed by atoms with van der Waals surface area (Å²) in [5.41, 5.74) is 3.50. The Hall–Kier alpha value is -4.45. The molecule has 42 heavy (non-hydrogen) atoms. The summed E-state index contributed by atoms with van der Waals surface area (Å²) in [5, 5.41) is 6.86. The molecule has 0 aliphatic rings. The van der Waals surface area contributed by atoms with Gasteiger partial charge in [0.25, 0.3) is 21.8 Å². The van der Waals surface area contributed by atoms with Gasteiger partial charge < -0.3 is 10.1 Å². The molecule has 0 radical (unpaired) electrons. The van der Waals surface area contributed by atoms with E-state index < -0.39 is 34.2 Å². The van der Waals surface area contributed by atoms with Gasteiger partial charge >= 0.3 is 0 Å². The maximum atomic E-state index is 13.4. The van der Waals surface area contributed by atoms with Crippen LogP contribution in [-0.4, -0.2) is 39.6 Å². The number of sulfonamides is 1. The summed E-state index contributed by atoms with van der Waals surface area (Å²) < 4.78 is 46.1. The van der Waals surface area contributed by atoms with E-state index in [0.717, 1.165) is 4.31 Å². The molecule has 216 valence electrons. The van der Waals surface area contributed by atoms with Crippen LogP contribution in [0.2, 0.25) is 10.0 Å². The smallest absolute Gasteiger partial charge is 0.264 e. The summed E-state index contributed by atoms with van der Waals surface area (Å²) in [7, 11) is -4.13. The van der Waals surface area contributed by atoms with Crippen LogP contribution in [0.5, 0.6) is 5.75 Å². The normalized spacial score (nSPS) is 11.2. The molecule has 0 fully saturated rings. The molecule has 0 aromatic heterocycles. The van der Waals surface area contributed by atoms with E-state index in [1.54, 1.807) is 42.5 Å². The van der Waals surface area contributed by atoms with E-state index in [1.165, 1.54) is 60.8 Å². The lowest BCUT2D eigenvalue weighted by Crippen LogP contribution is -2.39. The van der Waals surface area contributed by atoms with E-state index >= 15 is 0 Å². The van der Waals surface area contributed by atoms with Gasteiger partial charge in [-0.2, -0.15) is 5.10 Å². The molecule has 0 aliphatic heterocycles. The average Bonchev–Trinajstić information content (AvgIpc) is 2.98. The van der Waals surface area contributed by atoms with Gasteiger partial charge in [0.15, 0.2) is 6.61 Å². The maximum absolute atomic E-state index is 13.4. The molecule has 0 aliphatic carbocycles. The van der Waals surface area contributed by atoms with Gasteiger partial charge in [-0.3, -0.25) is 13.9 Å². The fourth-order valence-electron chi connectivity index (χ4n) is 3.55. The molecule has 13 heteroatoms. The van der Waals surface area contributed by atoms with E-state index in [2.05, 4.69) is 15.8 Å². The van der Waals surface area contributed by atoms with Crippen molar-refractivity contribution < 1.29 is 27.1 Å². The van der Waals surface area contributed by atoms with Crippen LogP contribution in [0.4, 0.5) is 15.8 Å². The number of anilines is 2. The summed E-state index contributed by atoms with van der Waals surface area (Å²) in [5.74, 6) is -1.12. The Labute approximate surface area is 251 Å². The summed E-state index contributed by atoms with van der Waals surface area (Å²) in [6.07, 6.45) is 1.36. The molecule has 0 heterocycles. The molecule has 0 saturated heterocycles. The van der Waals surface area contributed by atoms with Gasteiger partial charge in [0.05, 0.1) is 26.8 Å². The predicted octanol–water partition coefficient (Wildman–Crippen LogP) is 5.50. The number of amides is 2. The zero-order valence-electron chi connectivity index (χ0n) is 21.7. The third-order valence-electron chi connectivity index (χ3n) is 5.59. The molecular formula is C29H23Cl2FN4O5S. The van der Waals surface area contributed by atoms with Crippen molar-refractivity contribution in [1.29, 1.82) is 0 Å². The first-order chi connectivity index (χ1) is 20.1. The fourth-order valence-corrected chi connectivity index (χ4v) is 5.28. The van der Waals surface area contributed by atoms with Crippen LogP contribution in [0.25, 0.3) is 0 Å². The van der Waals surface area contributed by atoms with Crippen molar-refractivity contribution in [2.24, 2.45) is 5.10 Å². The molecule has 4 rings (SSSR count). The van der Waals surface area contributed by atoms with Crippen molar-refractivity contribution in [3.63, 3.8) is 0 Å². The summed E-state index contributed by atoms with van der Waals surface area (Å²) >= 11 is 12.1. The number of nitrogens with one attached hydrogen (secondary N) is 2. The number of carbonyl (C=O) groups excluding carboxylic acids is 2. The van der Waals surface area contributed by atoms with Gasteiger partial charge in [-0.1, -0.05) is 41.4 Å². The van der Waals surface area contributed by atoms with Crippen LogP contribution >= 0.6 is 23.2 Å². The van der Waals surface area contributed by atoms with Crippen LogP contribution in [0.3, 0.4) is 0 Å². The van der Waals surface area contributed by atoms with Crippen LogP contribution in [0.1, 0.15) is 5.56 Å². The third-order valence-corrected chi connectivity index (χ3v) is 8.12. The van der Waals surface area contributed by atoms with Gasteiger partial charge in [-0.25, -0.2) is 18.2 Å². The molecule has 0 bridgehead atoms. The lowest BCUT2D eigenvalue weighted by molar-refractivity contribution is -0.119. The first kappa shape index (κ1) is 30.5. The summed E-state index contributed by atoms with van der Waals surface area (Å²) in [4.78, 5) is 24.8. The molecule has 4 aromatic carbocycles. The molecular weight excluding hydrogens is 606 g/mol. The number of hydrogen-bond acceptors (Lipinski definition) is 6. The van der Waals surface area contributed by atoms with Crippen molar-refractivity contribution in [2.45, 2.75) is 4.90 Å². The number of nitrogens with zero attached hydrogens (tertiary/aromatic N) is 2. The molecule has 2 N–H and O–H groups in total. The van der Waals surface area contributed by atoms with Crippen molar-refractivity contribution in [2.75, 3.05) is 22.8 Å². The lowest BCUT2D eigenvalue weighted by atomic mass is 10.2. The number of halogens is 3. The van der Waals surface area contributed by atoms with Gasteiger partial charge in [-0.05, 0) is 84.4 Å². The Morgan fingerprint density at radius 2 is 1.57 bits per heavy atom. The third kappa shape index (κ3) is 8.29. The highest BCUT2D eigenvalue weighted by molar-refractivity contribution is 7.92. The van der Waals surface area contributed by atoms with E-state index in [1.807, 2.05) is 0 Å². The van der Waals surface area contributed by atoms with E-state index in [0.29, 0.717) is 17.0 Å². The van der Waals surface area contributed by atoms with Gasteiger partial charge in [0, 0.05) is 5.69 Å². The highest BCUT2D eigenvalue weighted by Gasteiger charge is 2.27. The first-order valence-electron chi connectivity index (χ1n) is 12.2. The number of benzene rings is 4. The van der Waals surface area contributed by atoms with E-state index in [9.17, 15) is 22.4 Å². The van der Waals surface area contributed by atoms with E-state index in [-0.39, 0.29) is 27.2 Å². The van der Waals surface area contributed by atoms with Crippen LogP contribution < -0.4 is 19.8 Å². The molecule has 9 nitrogen and oxygen atoms in total. The maximum Gasteiger partial charge on any atom is 0.264 e. The first-order valence-corrected chi connectivity index (χ1v) is 14.4. The Balaban J connectivity index is 1.35. The van der Waals surface area contributed by atoms with Crippen LogP contribution in [0, 0.1) is 5.82 Å². The molecule has 0 spiro atoms. The highest BCUT2D eigenvalue weighted by atomic mass is 35.5. The van der Waals surface area contributed by atoms with Gasteiger partial charge in [0.1, 0.15) is 18.1 Å². The molecule has 0 unspecified atom stereocenters. The number of carbonyl (C=O) groups is 2. The minimum Gasteiger partial charge on any atom is -0.484 e. The standard InChI is InChI=1S/C29H23Cl2FN4O5S/c30-26-15-12-23(16-27(26)31)36(42(39,40)25-4-2-1-3-5-25)18-28(37)35-33-17-20-6-13-24(14-7-20)41-19-29(38)34-22-10-8-21(32)9-11-22/h1-17H,18-19H2,(H,34,38)(H,35,37)/b33-17-. The summed E-state index contributed by atoms with van der Waals surface area (Å²) in [6, 6.07) is 23.7. The number of rotatable bonds is 11. The van der Waals surface area contributed by atoms with Crippen molar-refractivity contribution in [3.8, 4) is 5.75 Å². The monoisotopic (exact) mass is 628 g/mol. The van der Waals surface area contributed by atoms with Crippen LogP contribution in [-0.2, 0) is 19.6 Å². The fraction of sp³-hybridized carbons (Fsp3) is 0.0690. The summed E-state index contributed by atoms with van der Waals surface area (Å²) in [6.45, 7) is -0.846. The topological polar surface area (TPSA) is 117 Å². The minimum atomic E-state index is -4.13. The Kier molecular flexibility index (Phi) is 10.1. The average molecular weight is 629 g/mol. The molecule has 4 aromatic rings. The number of hydrazone groups is 1. The minimum absolute atomic E-state index is 0.0115. The predicted molar refractivity (Wildman–Crippen MR) is 160 cm³/mol. The van der Waals surface area contributed by atoms with Gasteiger partial charge in [-0.15, -0.1) is 0 Å². The molecule has 0 saturated carbocycles. The van der Waals surface area contributed by atoms with Crippen molar-refractivity contribution in [1.82, 2.24) is 5.43 Å². The number of ether oxygens (including phenoxy) is 1. The lowest BCUT2D eigenvalue weighted by Gasteiger charge is -2.24. The number of hydrogen-bond donors (Lipinski definition) is 2. The van der Waals surface area contributed by atoms with Crippen molar-refractivity contribution >= 4 is 62.6 Å². The zero-order valence-corrected chi connectivity index (χ0v) is 24.0. The SMILES string of the molecule is O=C(CN(c1ccc(Cl)c(Cl)c1)S(=O)(=O)c1ccccc1)N/N=C\c1ccc(OCC(=O)Nc2ccc(F)cc2)cc1. The largest absolute Gasteiger partial charge is 0.484 e. The Morgan fingerprint density at radius 1 is 0.881 bits per heavy atom. The Bertz CT molecular complexity index is 1690. The van der Waals surface area contributed by atoms with Crippen LogP contribution in [0.15, 0.2) is 107 Å². The quantitative estimate of drug-likeness (QED) is 0.168.